The molecule has 5 heteroatoms. The fraction of sp³-hybridized carbons (Fsp3) is 0.875. The minimum atomic E-state index is -0.831. The number of fused-ring (bicyclic) bond motifs is 1. The van der Waals surface area contributed by atoms with Crippen molar-refractivity contribution in [3.05, 3.63) is 0 Å². The first kappa shape index (κ1) is 14.8. The average Bonchev–Trinajstić information content (AvgIpc) is 3.11. The Morgan fingerprint density at radius 2 is 2.05 bits per heavy atom. The van der Waals surface area contributed by atoms with E-state index in [0.717, 1.165) is 45.1 Å². The van der Waals surface area contributed by atoms with Crippen molar-refractivity contribution in [3.63, 3.8) is 0 Å². The van der Waals surface area contributed by atoms with Gasteiger partial charge in [0.2, 0.25) is 5.91 Å². The van der Waals surface area contributed by atoms with Crippen LogP contribution in [0.1, 0.15) is 58.3 Å². The quantitative estimate of drug-likeness (QED) is 0.832. The van der Waals surface area contributed by atoms with Gasteiger partial charge in [0.1, 0.15) is 6.04 Å². The highest BCUT2D eigenvalue weighted by atomic mass is 16.4. The Bertz CT molecular complexity index is 431. The van der Waals surface area contributed by atoms with E-state index < -0.39 is 17.6 Å². The van der Waals surface area contributed by atoms with Gasteiger partial charge in [-0.05, 0) is 51.0 Å². The second-order valence-electron chi connectivity index (χ2n) is 6.88. The van der Waals surface area contributed by atoms with Crippen LogP contribution in [0.15, 0.2) is 0 Å². The lowest BCUT2D eigenvalue weighted by Crippen LogP contribution is -2.59. The molecule has 0 radical (unpaired) electrons. The first-order valence-electron chi connectivity index (χ1n) is 8.39. The number of nitrogens with one attached hydrogen (secondary N) is 1. The van der Waals surface area contributed by atoms with E-state index in [1.54, 1.807) is 4.90 Å². The number of likely N-dealkylation sites (tertiary alicyclic amines) is 1. The van der Waals surface area contributed by atoms with Crippen molar-refractivity contribution in [2.45, 2.75) is 75.9 Å². The highest BCUT2D eigenvalue weighted by Gasteiger charge is 2.52. The minimum absolute atomic E-state index is 0.0456. The molecule has 4 atom stereocenters. The standard InChI is InChI=1S/C16H26N2O3/c1-2-16(8-5-9-17-16)15(21)18-12-7-4-3-6-11(12)10-13(18)14(19)20/h11-13,17H,2-10H2,1H3,(H,19,20). The van der Waals surface area contributed by atoms with Crippen LogP contribution in [0.5, 0.6) is 0 Å². The van der Waals surface area contributed by atoms with Gasteiger partial charge in [0.15, 0.2) is 0 Å². The van der Waals surface area contributed by atoms with E-state index >= 15 is 0 Å². The summed E-state index contributed by atoms with van der Waals surface area (Å²) in [6, 6.07) is -0.463. The summed E-state index contributed by atoms with van der Waals surface area (Å²) in [4.78, 5) is 26.6. The number of hydrogen-bond acceptors (Lipinski definition) is 3. The molecule has 3 aliphatic rings. The molecule has 0 bridgehead atoms. The number of aliphatic carboxylic acids is 1. The van der Waals surface area contributed by atoms with Gasteiger partial charge >= 0.3 is 5.97 Å². The molecule has 3 fully saturated rings. The van der Waals surface area contributed by atoms with Crippen molar-refractivity contribution < 1.29 is 14.7 Å². The molecule has 1 saturated carbocycles. The number of carbonyl (C=O) groups is 2. The Hall–Kier alpha value is -1.10. The van der Waals surface area contributed by atoms with Crippen LogP contribution < -0.4 is 5.32 Å². The van der Waals surface area contributed by atoms with Crippen LogP contribution in [0.25, 0.3) is 0 Å². The zero-order chi connectivity index (χ0) is 15.0. The van der Waals surface area contributed by atoms with E-state index in [0.29, 0.717) is 12.3 Å². The molecular weight excluding hydrogens is 268 g/mol. The summed E-state index contributed by atoms with van der Waals surface area (Å²) in [5.74, 6) is -0.398. The third-order valence-electron chi connectivity index (χ3n) is 5.86. The molecule has 1 amide bonds. The number of rotatable bonds is 3. The summed E-state index contributed by atoms with van der Waals surface area (Å²) in [5, 5.41) is 12.9. The molecule has 21 heavy (non-hydrogen) atoms. The molecule has 3 rings (SSSR count). The van der Waals surface area contributed by atoms with E-state index in [1.807, 2.05) is 6.92 Å². The lowest BCUT2D eigenvalue weighted by molar-refractivity contribution is -0.153. The van der Waals surface area contributed by atoms with Crippen LogP contribution in [0, 0.1) is 5.92 Å². The van der Waals surface area contributed by atoms with Crippen molar-refractivity contribution in [2.24, 2.45) is 5.92 Å². The first-order chi connectivity index (χ1) is 10.1. The molecule has 2 N–H and O–H groups in total. The normalized spacial score (nSPS) is 39.3. The number of carbonyl (C=O) groups excluding carboxylic acids is 1. The molecule has 5 nitrogen and oxygen atoms in total. The smallest absolute Gasteiger partial charge is 0.326 e. The maximum absolute atomic E-state index is 13.2. The van der Waals surface area contributed by atoms with Crippen LogP contribution in [-0.2, 0) is 9.59 Å². The summed E-state index contributed by atoms with van der Waals surface area (Å²) < 4.78 is 0. The molecule has 0 aromatic heterocycles. The molecule has 2 heterocycles. The van der Waals surface area contributed by atoms with Gasteiger partial charge in [-0.2, -0.15) is 0 Å². The molecule has 2 aliphatic heterocycles. The molecule has 4 unspecified atom stereocenters. The van der Waals surface area contributed by atoms with E-state index in [4.69, 9.17) is 0 Å². The maximum atomic E-state index is 13.2. The minimum Gasteiger partial charge on any atom is -0.480 e. The van der Waals surface area contributed by atoms with E-state index in [-0.39, 0.29) is 11.9 Å². The molecule has 1 aliphatic carbocycles. The highest BCUT2D eigenvalue weighted by Crippen LogP contribution is 2.42. The van der Waals surface area contributed by atoms with Crippen molar-refractivity contribution >= 4 is 11.9 Å². The van der Waals surface area contributed by atoms with Gasteiger partial charge < -0.3 is 15.3 Å². The van der Waals surface area contributed by atoms with Gasteiger partial charge in [-0.15, -0.1) is 0 Å². The first-order valence-corrected chi connectivity index (χ1v) is 8.39. The Morgan fingerprint density at radius 1 is 1.29 bits per heavy atom. The fourth-order valence-electron chi connectivity index (χ4n) is 4.66. The molecule has 0 spiro atoms. The number of carboxylic acids is 1. The Kier molecular flexibility index (Phi) is 3.95. The largest absolute Gasteiger partial charge is 0.480 e. The maximum Gasteiger partial charge on any atom is 0.326 e. The lowest BCUT2D eigenvalue weighted by Gasteiger charge is -2.39. The molecule has 0 aromatic carbocycles. The fourth-order valence-corrected chi connectivity index (χ4v) is 4.66. The molecular formula is C16H26N2O3. The predicted octanol–water partition coefficient (Wildman–Crippen LogP) is 1.76. The second-order valence-corrected chi connectivity index (χ2v) is 6.88. The topological polar surface area (TPSA) is 69.6 Å². The SMILES string of the molecule is CCC1(C(=O)N2C(C(=O)O)CC3CCCCC32)CCCN1. The van der Waals surface area contributed by atoms with E-state index in [2.05, 4.69) is 5.32 Å². The van der Waals surface area contributed by atoms with Gasteiger partial charge in [-0.25, -0.2) is 4.79 Å². The number of amides is 1. The van der Waals surface area contributed by atoms with Gasteiger partial charge in [-0.3, -0.25) is 4.79 Å². The predicted molar refractivity (Wildman–Crippen MR) is 78.9 cm³/mol. The Morgan fingerprint density at radius 3 is 2.67 bits per heavy atom. The van der Waals surface area contributed by atoms with Crippen LogP contribution in [-0.4, -0.2) is 46.1 Å². The van der Waals surface area contributed by atoms with Crippen molar-refractivity contribution in [1.29, 1.82) is 0 Å². The van der Waals surface area contributed by atoms with Crippen LogP contribution >= 0.6 is 0 Å². The van der Waals surface area contributed by atoms with Crippen molar-refractivity contribution in [2.75, 3.05) is 6.54 Å². The summed E-state index contributed by atoms with van der Waals surface area (Å²) in [6.45, 7) is 2.89. The monoisotopic (exact) mass is 294 g/mol. The lowest BCUT2D eigenvalue weighted by atomic mass is 9.84. The van der Waals surface area contributed by atoms with Crippen molar-refractivity contribution in [1.82, 2.24) is 10.2 Å². The zero-order valence-electron chi connectivity index (χ0n) is 12.8. The molecule has 118 valence electrons. The Labute approximate surface area is 126 Å². The third-order valence-corrected chi connectivity index (χ3v) is 5.86. The van der Waals surface area contributed by atoms with Crippen LogP contribution in [0.4, 0.5) is 0 Å². The number of carboxylic acid groups (broad SMARTS) is 1. The van der Waals surface area contributed by atoms with E-state index in [9.17, 15) is 14.7 Å². The zero-order valence-corrected chi connectivity index (χ0v) is 12.8. The number of nitrogens with zero attached hydrogens (tertiary/aromatic N) is 1. The van der Waals surface area contributed by atoms with Gasteiger partial charge in [0, 0.05) is 6.04 Å². The highest BCUT2D eigenvalue weighted by molar-refractivity contribution is 5.91. The summed E-state index contributed by atoms with van der Waals surface area (Å²) in [5.41, 5.74) is -0.514. The van der Waals surface area contributed by atoms with Crippen molar-refractivity contribution in [3.8, 4) is 0 Å². The summed E-state index contributed by atoms with van der Waals surface area (Å²) in [6.07, 6.45) is 7.56. The van der Waals surface area contributed by atoms with E-state index in [1.165, 1.54) is 6.42 Å². The van der Waals surface area contributed by atoms with Gasteiger partial charge in [-0.1, -0.05) is 19.8 Å². The third kappa shape index (κ3) is 2.35. The number of hydrogen-bond donors (Lipinski definition) is 2. The van der Waals surface area contributed by atoms with Crippen LogP contribution in [0.3, 0.4) is 0 Å². The summed E-state index contributed by atoms with van der Waals surface area (Å²) >= 11 is 0. The Balaban J connectivity index is 1.89. The second kappa shape index (κ2) is 5.59. The average molecular weight is 294 g/mol. The molecule has 0 aromatic rings. The van der Waals surface area contributed by atoms with Crippen LogP contribution in [0.2, 0.25) is 0 Å². The molecule has 2 saturated heterocycles. The summed E-state index contributed by atoms with van der Waals surface area (Å²) in [7, 11) is 0. The van der Waals surface area contributed by atoms with Gasteiger partial charge in [0.05, 0.1) is 5.54 Å². The van der Waals surface area contributed by atoms with Gasteiger partial charge in [0.25, 0.3) is 0 Å².